The van der Waals surface area contributed by atoms with Crippen LogP contribution in [0.3, 0.4) is 0 Å². The summed E-state index contributed by atoms with van der Waals surface area (Å²) in [6.45, 7) is 0.342. The van der Waals surface area contributed by atoms with Crippen molar-refractivity contribution < 1.29 is 9.53 Å². The molecule has 0 N–H and O–H groups in total. The molecule has 0 fully saturated rings. The molecule has 0 amide bonds. The van der Waals surface area contributed by atoms with E-state index in [2.05, 4.69) is 21.1 Å². The number of alkyl halides is 1. The molecule has 0 saturated heterocycles. The lowest BCUT2D eigenvalue weighted by atomic mass is 10.1. The number of ketones is 1. The highest BCUT2D eigenvalue weighted by atomic mass is 79.9. The van der Waals surface area contributed by atoms with Gasteiger partial charge in [0.2, 0.25) is 0 Å². The zero-order valence-corrected chi connectivity index (χ0v) is 12.2. The van der Waals surface area contributed by atoms with E-state index in [0.29, 0.717) is 17.9 Å². The smallest absolute Gasteiger partial charge is 0.173 e. The van der Waals surface area contributed by atoms with Crippen LogP contribution in [0.15, 0.2) is 53.7 Å². The molecular weight excluding hydrogens is 322 g/mol. The molecule has 0 aliphatic heterocycles. The molecule has 2 rings (SSSR count). The monoisotopic (exact) mass is 333 g/mol. The third kappa shape index (κ3) is 3.51. The Kier molecular flexibility index (Phi) is 5.01. The predicted molar refractivity (Wildman–Crippen MR) is 80.8 cm³/mol. The van der Waals surface area contributed by atoms with E-state index >= 15 is 0 Å². The highest BCUT2D eigenvalue weighted by Crippen LogP contribution is 2.29. The van der Waals surface area contributed by atoms with Crippen molar-refractivity contribution in [3.05, 3.63) is 64.6 Å². The SMILES string of the molecule is O=Nc1cc(C(=O)CBr)ccc1OCc1ccccc1. The van der Waals surface area contributed by atoms with E-state index in [1.807, 2.05) is 30.3 Å². The minimum Gasteiger partial charge on any atom is -0.487 e. The maximum absolute atomic E-state index is 11.5. The molecule has 0 bridgehead atoms. The van der Waals surface area contributed by atoms with Gasteiger partial charge in [-0.25, -0.2) is 0 Å². The quantitative estimate of drug-likeness (QED) is 0.451. The van der Waals surface area contributed by atoms with Gasteiger partial charge < -0.3 is 4.74 Å². The lowest BCUT2D eigenvalue weighted by Gasteiger charge is -2.08. The Morgan fingerprint density at radius 2 is 1.90 bits per heavy atom. The van der Waals surface area contributed by atoms with Crippen molar-refractivity contribution in [3.8, 4) is 5.75 Å². The third-order valence-electron chi connectivity index (χ3n) is 2.74. The molecule has 0 heterocycles. The fourth-order valence-corrected chi connectivity index (χ4v) is 2.02. The van der Waals surface area contributed by atoms with E-state index in [0.717, 1.165) is 5.56 Å². The number of ether oxygens (including phenoxy) is 1. The van der Waals surface area contributed by atoms with Gasteiger partial charge >= 0.3 is 0 Å². The second kappa shape index (κ2) is 6.96. The van der Waals surface area contributed by atoms with Gasteiger partial charge in [-0.3, -0.25) is 4.79 Å². The topological polar surface area (TPSA) is 55.7 Å². The summed E-state index contributed by atoms with van der Waals surface area (Å²) in [5.41, 5.74) is 1.56. The molecule has 0 spiro atoms. The highest BCUT2D eigenvalue weighted by molar-refractivity contribution is 9.09. The van der Waals surface area contributed by atoms with Crippen molar-refractivity contribution in [2.24, 2.45) is 5.18 Å². The lowest BCUT2D eigenvalue weighted by Crippen LogP contribution is -2.00. The second-order valence-electron chi connectivity index (χ2n) is 4.10. The van der Waals surface area contributed by atoms with Crippen molar-refractivity contribution in [1.29, 1.82) is 0 Å². The Balaban J connectivity index is 2.15. The van der Waals surface area contributed by atoms with Crippen molar-refractivity contribution in [3.63, 3.8) is 0 Å². The highest BCUT2D eigenvalue weighted by Gasteiger charge is 2.10. The first kappa shape index (κ1) is 14.4. The molecule has 0 radical (unpaired) electrons. The van der Waals surface area contributed by atoms with Crippen LogP contribution in [-0.4, -0.2) is 11.1 Å². The molecule has 0 aromatic heterocycles. The maximum atomic E-state index is 11.5. The van der Waals surface area contributed by atoms with Crippen molar-refractivity contribution >= 4 is 27.4 Å². The predicted octanol–water partition coefficient (Wildman–Crippen LogP) is 4.24. The van der Waals surface area contributed by atoms with E-state index in [9.17, 15) is 9.70 Å². The Morgan fingerprint density at radius 3 is 2.55 bits per heavy atom. The van der Waals surface area contributed by atoms with Gasteiger partial charge in [-0.05, 0) is 28.9 Å². The Bertz CT molecular complexity index is 614. The van der Waals surface area contributed by atoms with Gasteiger partial charge in [0.25, 0.3) is 0 Å². The van der Waals surface area contributed by atoms with Gasteiger partial charge in [0.1, 0.15) is 12.4 Å². The first-order valence-electron chi connectivity index (χ1n) is 5.98. The van der Waals surface area contributed by atoms with Gasteiger partial charge in [0.15, 0.2) is 11.5 Å². The number of Topliss-reactive ketones (excluding diaryl/α,β-unsaturated/α-hetero) is 1. The van der Waals surface area contributed by atoms with Gasteiger partial charge in [0.05, 0.1) is 5.33 Å². The van der Waals surface area contributed by atoms with Crippen LogP contribution >= 0.6 is 15.9 Å². The molecule has 0 aliphatic carbocycles. The summed E-state index contributed by atoms with van der Waals surface area (Å²) < 4.78 is 5.57. The Morgan fingerprint density at radius 1 is 1.15 bits per heavy atom. The average molecular weight is 334 g/mol. The number of nitroso groups, excluding NO2 is 1. The summed E-state index contributed by atoms with van der Waals surface area (Å²) in [6, 6.07) is 14.3. The first-order chi connectivity index (χ1) is 9.74. The normalized spacial score (nSPS) is 10.1. The zero-order chi connectivity index (χ0) is 14.4. The molecule has 0 saturated carbocycles. The minimum absolute atomic E-state index is 0.107. The largest absolute Gasteiger partial charge is 0.487 e. The minimum atomic E-state index is -0.107. The van der Waals surface area contributed by atoms with Gasteiger partial charge in [-0.2, -0.15) is 0 Å². The van der Waals surface area contributed by atoms with E-state index < -0.39 is 0 Å². The Labute approximate surface area is 124 Å². The molecule has 2 aromatic carbocycles. The van der Waals surface area contributed by atoms with Crippen LogP contribution in [0.5, 0.6) is 5.75 Å². The molecule has 102 valence electrons. The molecule has 4 nitrogen and oxygen atoms in total. The summed E-state index contributed by atoms with van der Waals surface area (Å²) in [6.07, 6.45) is 0. The molecule has 0 atom stereocenters. The standard InChI is InChI=1S/C15H12BrNO3/c16-9-14(18)12-6-7-15(13(8-12)17-19)20-10-11-4-2-1-3-5-11/h1-8H,9-10H2. The maximum Gasteiger partial charge on any atom is 0.173 e. The molecule has 20 heavy (non-hydrogen) atoms. The number of benzene rings is 2. The number of halogens is 1. The number of rotatable bonds is 6. The number of hydrogen-bond acceptors (Lipinski definition) is 4. The molecular formula is C15H12BrNO3. The fourth-order valence-electron chi connectivity index (χ4n) is 1.70. The van der Waals surface area contributed by atoms with Crippen LogP contribution in [-0.2, 0) is 6.61 Å². The van der Waals surface area contributed by atoms with E-state index in [1.54, 1.807) is 12.1 Å². The van der Waals surface area contributed by atoms with Gasteiger partial charge in [-0.15, -0.1) is 4.91 Å². The lowest BCUT2D eigenvalue weighted by molar-refractivity contribution is 0.102. The molecule has 0 aliphatic rings. The summed E-state index contributed by atoms with van der Waals surface area (Å²) in [7, 11) is 0. The molecule has 0 unspecified atom stereocenters. The van der Waals surface area contributed by atoms with Crippen molar-refractivity contribution in [1.82, 2.24) is 0 Å². The van der Waals surface area contributed by atoms with Crippen LogP contribution in [0.4, 0.5) is 5.69 Å². The Hall–Kier alpha value is -2.01. The fraction of sp³-hybridized carbons (Fsp3) is 0.133. The van der Waals surface area contributed by atoms with Gasteiger partial charge in [0, 0.05) is 5.56 Å². The van der Waals surface area contributed by atoms with E-state index in [1.165, 1.54) is 6.07 Å². The average Bonchev–Trinajstić information content (AvgIpc) is 2.53. The van der Waals surface area contributed by atoms with E-state index in [-0.39, 0.29) is 16.8 Å². The molecule has 2 aromatic rings. The second-order valence-corrected chi connectivity index (χ2v) is 4.67. The van der Waals surface area contributed by atoms with Crippen LogP contribution in [0, 0.1) is 4.91 Å². The van der Waals surface area contributed by atoms with Crippen molar-refractivity contribution in [2.75, 3.05) is 5.33 Å². The summed E-state index contributed by atoms with van der Waals surface area (Å²) in [5.74, 6) is 0.263. The number of carbonyl (C=O) groups is 1. The third-order valence-corrected chi connectivity index (χ3v) is 3.25. The summed E-state index contributed by atoms with van der Waals surface area (Å²) >= 11 is 3.09. The van der Waals surface area contributed by atoms with Gasteiger partial charge in [-0.1, -0.05) is 46.3 Å². The summed E-state index contributed by atoms with van der Waals surface area (Å²) in [4.78, 5) is 22.4. The zero-order valence-electron chi connectivity index (χ0n) is 10.6. The summed E-state index contributed by atoms with van der Waals surface area (Å²) in [5, 5.41) is 3.12. The van der Waals surface area contributed by atoms with Crippen molar-refractivity contribution in [2.45, 2.75) is 6.61 Å². The van der Waals surface area contributed by atoms with E-state index in [4.69, 9.17) is 4.74 Å². The van der Waals surface area contributed by atoms with Crippen LogP contribution in [0.25, 0.3) is 0 Å². The molecule has 5 heteroatoms. The number of nitrogens with zero attached hydrogens (tertiary/aromatic N) is 1. The van der Waals surface area contributed by atoms with Crippen LogP contribution in [0.2, 0.25) is 0 Å². The van der Waals surface area contributed by atoms with Crippen LogP contribution in [0.1, 0.15) is 15.9 Å². The number of hydrogen-bond donors (Lipinski definition) is 0. The number of carbonyl (C=O) groups excluding carboxylic acids is 1. The van der Waals surface area contributed by atoms with Crippen LogP contribution < -0.4 is 4.74 Å². The first-order valence-corrected chi connectivity index (χ1v) is 7.10.